The van der Waals surface area contributed by atoms with E-state index in [4.69, 9.17) is 16.3 Å². The van der Waals surface area contributed by atoms with Crippen LogP contribution in [-0.2, 0) is 11.3 Å². The van der Waals surface area contributed by atoms with E-state index >= 15 is 0 Å². The molecule has 0 atom stereocenters. The summed E-state index contributed by atoms with van der Waals surface area (Å²) in [4.78, 5) is 13.0. The summed E-state index contributed by atoms with van der Waals surface area (Å²) >= 11 is 6.13. The van der Waals surface area contributed by atoms with Crippen LogP contribution in [0.5, 0.6) is 5.75 Å². The number of ether oxygens (including phenoxy) is 1. The molecule has 0 aliphatic rings. The van der Waals surface area contributed by atoms with Crippen LogP contribution in [0.4, 0.5) is 0 Å². The number of nitrogens with one attached hydrogen (secondary N) is 1. The molecular weight excluding hydrogens is 264 g/mol. The molecule has 5 heteroatoms. The second kappa shape index (κ2) is 8.02. The van der Waals surface area contributed by atoms with Gasteiger partial charge in [0.25, 0.3) is 0 Å². The van der Waals surface area contributed by atoms with Gasteiger partial charge >= 0.3 is 0 Å². The molecule has 0 aliphatic heterocycles. The SMILES string of the molecule is CNCc1ccc(OCCCC(=O)N(C)C)c(Cl)c1. The molecule has 1 aromatic carbocycles. The molecule has 1 N–H and O–H groups in total. The molecule has 1 aromatic rings. The first-order valence-corrected chi connectivity index (χ1v) is 6.68. The molecule has 0 bridgehead atoms. The fourth-order valence-electron chi connectivity index (χ4n) is 1.60. The zero-order valence-electron chi connectivity index (χ0n) is 11.7. The van der Waals surface area contributed by atoms with Gasteiger partial charge in [0.15, 0.2) is 0 Å². The minimum Gasteiger partial charge on any atom is -0.492 e. The molecule has 0 unspecified atom stereocenters. The Morgan fingerprint density at radius 3 is 2.74 bits per heavy atom. The highest BCUT2D eigenvalue weighted by molar-refractivity contribution is 6.32. The van der Waals surface area contributed by atoms with Crippen LogP contribution in [0.2, 0.25) is 5.02 Å². The number of carbonyl (C=O) groups is 1. The summed E-state index contributed by atoms with van der Waals surface area (Å²) < 4.78 is 5.58. The van der Waals surface area contributed by atoms with Crippen molar-refractivity contribution in [3.63, 3.8) is 0 Å². The smallest absolute Gasteiger partial charge is 0.222 e. The van der Waals surface area contributed by atoms with Crippen molar-refractivity contribution < 1.29 is 9.53 Å². The summed E-state index contributed by atoms with van der Waals surface area (Å²) in [5, 5.41) is 3.67. The van der Waals surface area contributed by atoms with Crippen molar-refractivity contribution in [1.82, 2.24) is 10.2 Å². The average Bonchev–Trinajstić information content (AvgIpc) is 2.36. The molecule has 0 spiro atoms. The van der Waals surface area contributed by atoms with E-state index in [0.29, 0.717) is 30.2 Å². The molecule has 19 heavy (non-hydrogen) atoms. The maximum absolute atomic E-state index is 11.4. The lowest BCUT2D eigenvalue weighted by Gasteiger charge is -2.11. The number of hydrogen-bond donors (Lipinski definition) is 1. The summed E-state index contributed by atoms with van der Waals surface area (Å²) in [6.45, 7) is 1.27. The van der Waals surface area contributed by atoms with Gasteiger partial charge in [-0.3, -0.25) is 4.79 Å². The van der Waals surface area contributed by atoms with E-state index in [0.717, 1.165) is 12.1 Å². The molecule has 106 valence electrons. The standard InChI is InChI=1S/C14H21ClN2O2/c1-16-10-11-6-7-13(12(15)9-11)19-8-4-5-14(18)17(2)3/h6-7,9,16H,4-5,8,10H2,1-3H3. The maximum Gasteiger partial charge on any atom is 0.222 e. The Balaban J connectivity index is 2.39. The van der Waals surface area contributed by atoms with E-state index in [2.05, 4.69) is 5.32 Å². The number of rotatable bonds is 7. The molecule has 0 heterocycles. The van der Waals surface area contributed by atoms with E-state index < -0.39 is 0 Å². The van der Waals surface area contributed by atoms with Gasteiger partial charge in [0.1, 0.15) is 5.75 Å². The minimum atomic E-state index is 0.110. The predicted octanol–water partition coefficient (Wildman–Crippen LogP) is 2.31. The van der Waals surface area contributed by atoms with E-state index in [9.17, 15) is 4.79 Å². The number of benzene rings is 1. The zero-order chi connectivity index (χ0) is 14.3. The van der Waals surface area contributed by atoms with E-state index in [1.807, 2.05) is 25.2 Å². The first-order valence-electron chi connectivity index (χ1n) is 6.30. The Bertz CT molecular complexity index is 422. The quantitative estimate of drug-likeness (QED) is 0.781. The predicted molar refractivity (Wildman–Crippen MR) is 77.6 cm³/mol. The Morgan fingerprint density at radius 1 is 1.42 bits per heavy atom. The van der Waals surface area contributed by atoms with Crippen LogP contribution < -0.4 is 10.1 Å². The first kappa shape index (κ1) is 15.8. The number of hydrogen-bond acceptors (Lipinski definition) is 3. The molecule has 0 aliphatic carbocycles. The van der Waals surface area contributed by atoms with Crippen LogP contribution in [0, 0.1) is 0 Å². The third-order valence-electron chi connectivity index (χ3n) is 2.67. The highest BCUT2D eigenvalue weighted by Gasteiger charge is 2.05. The zero-order valence-corrected chi connectivity index (χ0v) is 12.5. The summed E-state index contributed by atoms with van der Waals surface area (Å²) in [5.41, 5.74) is 1.11. The van der Waals surface area contributed by atoms with Gasteiger partial charge in [-0.1, -0.05) is 17.7 Å². The molecular formula is C14H21ClN2O2. The van der Waals surface area contributed by atoms with Crippen molar-refractivity contribution in [2.24, 2.45) is 0 Å². The molecule has 1 amide bonds. The maximum atomic E-state index is 11.4. The summed E-state index contributed by atoms with van der Waals surface area (Å²) in [5.74, 6) is 0.776. The van der Waals surface area contributed by atoms with Gasteiger partial charge < -0.3 is 15.0 Å². The van der Waals surface area contributed by atoms with Crippen LogP contribution in [0.1, 0.15) is 18.4 Å². The summed E-state index contributed by atoms with van der Waals surface area (Å²) in [6, 6.07) is 5.73. The van der Waals surface area contributed by atoms with Gasteiger partial charge in [0.2, 0.25) is 5.91 Å². The van der Waals surface area contributed by atoms with Crippen LogP contribution >= 0.6 is 11.6 Å². The second-order valence-electron chi connectivity index (χ2n) is 4.54. The lowest BCUT2D eigenvalue weighted by molar-refractivity contribution is -0.128. The van der Waals surface area contributed by atoms with Crippen molar-refractivity contribution in [3.05, 3.63) is 28.8 Å². The molecule has 0 saturated heterocycles. The van der Waals surface area contributed by atoms with Gasteiger partial charge in [-0.15, -0.1) is 0 Å². The van der Waals surface area contributed by atoms with Gasteiger partial charge in [-0.05, 0) is 31.2 Å². The molecule has 0 fully saturated rings. The van der Waals surface area contributed by atoms with Gasteiger partial charge in [0, 0.05) is 27.1 Å². The van der Waals surface area contributed by atoms with E-state index in [1.54, 1.807) is 19.0 Å². The largest absolute Gasteiger partial charge is 0.492 e. The number of halogens is 1. The van der Waals surface area contributed by atoms with Crippen LogP contribution in [0.3, 0.4) is 0 Å². The third kappa shape index (κ3) is 5.49. The van der Waals surface area contributed by atoms with E-state index in [1.165, 1.54) is 0 Å². The number of nitrogens with zero attached hydrogens (tertiary/aromatic N) is 1. The molecule has 0 aromatic heterocycles. The highest BCUT2D eigenvalue weighted by Crippen LogP contribution is 2.25. The fourth-order valence-corrected chi connectivity index (χ4v) is 1.86. The van der Waals surface area contributed by atoms with Crippen molar-refractivity contribution in [3.8, 4) is 5.75 Å². The van der Waals surface area contributed by atoms with E-state index in [-0.39, 0.29) is 5.91 Å². The monoisotopic (exact) mass is 284 g/mol. The average molecular weight is 285 g/mol. The normalized spacial score (nSPS) is 10.3. The second-order valence-corrected chi connectivity index (χ2v) is 4.94. The van der Waals surface area contributed by atoms with Gasteiger partial charge in [-0.2, -0.15) is 0 Å². The first-order chi connectivity index (χ1) is 9.04. The van der Waals surface area contributed by atoms with Gasteiger partial charge in [0.05, 0.1) is 11.6 Å². The van der Waals surface area contributed by atoms with Crippen LogP contribution in [0.25, 0.3) is 0 Å². The summed E-state index contributed by atoms with van der Waals surface area (Å²) in [6.07, 6.45) is 1.17. The summed E-state index contributed by atoms with van der Waals surface area (Å²) in [7, 11) is 5.39. The molecule has 0 saturated carbocycles. The Labute approximate surface area is 119 Å². The van der Waals surface area contributed by atoms with Crippen molar-refractivity contribution in [1.29, 1.82) is 0 Å². The van der Waals surface area contributed by atoms with Crippen LogP contribution in [-0.4, -0.2) is 38.6 Å². The Hall–Kier alpha value is -1.26. The molecule has 0 radical (unpaired) electrons. The highest BCUT2D eigenvalue weighted by atomic mass is 35.5. The van der Waals surface area contributed by atoms with Gasteiger partial charge in [-0.25, -0.2) is 0 Å². The Kier molecular flexibility index (Phi) is 6.67. The topological polar surface area (TPSA) is 41.6 Å². The van der Waals surface area contributed by atoms with Crippen molar-refractivity contribution >= 4 is 17.5 Å². The molecule has 4 nitrogen and oxygen atoms in total. The van der Waals surface area contributed by atoms with Crippen LogP contribution in [0.15, 0.2) is 18.2 Å². The number of amides is 1. The van der Waals surface area contributed by atoms with Crippen molar-refractivity contribution in [2.75, 3.05) is 27.7 Å². The third-order valence-corrected chi connectivity index (χ3v) is 2.96. The lowest BCUT2D eigenvalue weighted by atomic mass is 10.2. The Morgan fingerprint density at radius 2 is 2.16 bits per heavy atom. The minimum absolute atomic E-state index is 0.110. The lowest BCUT2D eigenvalue weighted by Crippen LogP contribution is -2.21. The fraction of sp³-hybridized carbons (Fsp3) is 0.500. The number of carbonyl (C=O) groups excluding carboxylic acids is 1. The van der Waals surface area contributed by atoms with Crippen molar-refractivity contribution in [2.45, 2.75) is 19.4 Å². The molecule has 1 rings (SSSR count).